The molecule has 0 atom stereocenters. The predicted molar refractivity (Wildman–Crippen MR) is 85.3 cm³/mol. The zero-order valence-corrected chi connectivity index (χ0v) is 13.8. The molecule has 1 N–H and O–H groups in total. The van der Waals surface area contributed by atoms with Crippen molar-refractivity contribution in [3.63, 3.8) is 0 Å². The fraction of sp³-hybridized carbons (Fsp3) is 0.400. The van der Waals surface area contributed by atoms with Gasteiger partial charge in [-0.1, -0.05) is 28.1 Å². The molecule has 0 radical (unpaired) electrons. The molecule has 0 aliphatic carbocycles. The fourth-order valence-electron chi connectivity index (χ4n) is 2.17. The second-order valence-electron chi connectivity index (χ2n) is 5.08. The molecule has 0 bridgehead atoms. The number of aryl methyl sites for hydroxylation is 1. The Hall–Kier alpha value is -1.17. The number of benzene rings is 1. The highest BCUT2D eigenvalue weighted by molar-refractivity contribution is 9.10. The molecule has 4 nitrogen and oxygen atoms in total. The second-order valence-corrected chi connectivity index (χ2v) is 5.94. The zero-order chi connectivity index (χ0) is 14.5. The van der Waals surface area contributed by atoms with Crippen molar-refractivity contribution in [2.24, 2.45) is 7.05 Å². The number of nitrogens with one attached hydrogen (secondary N) is 1. The lowest BCUT2D eigenvalue weighted by atomic mass is 10.1. The Labute approximate surface area is 128 Å². The standard InChI is InChI=1S/C15H21BrN4/c1-17-9-12-4-5-13(14(16)8-12)10-19(2)11-15-18-6-7-20(15)3/h4-8,17H,9-11H2,1-3H3. The van der Waals surface area contributed by atoms with Gasteiger partial charge in [0.25, 0.3) is 0 Å². The van der Waals surface area contributed by atoms with Crippen LogP contribution in [0.3, 0.4) is 0 Å². The molecule has 1 aromatic heterocycles. The Morgan fingerprint density at radius 3 is 2.75 bits per heavy atom. The Bertz CT molecular complexity index is 565. The maximum absolute atomic E-state index is 4.36. The Morgan fingerprint density at radius 1 is 1.35 bits per heavy atom. The van der Waals surface area contributed by atoms with Gasteiger partial charge >= 0.3 is 0 Å². The van der Waals surface area contributed by atoms with E-state index in [9.17, 15) is 0 Å². The summed E-state index contributed by atoms with van der Waals surface area (Å²) in [7, 11) is 6.10. The van der Waals surface area contributed by atoms with Crippen molar-refractivity contribution in [2.75, 3.05) is 14.1 Å². The van der Waals surface area contributed by atoms with E-state index in [-0.39, 0.29) is 0 Å². The van der Waals surface area contributed by atoms with Crippen molar-refractivity contribution in [3.05, 3.63) is 52.0 Å². The average Bonchev–Trinajstić information content (AvgIpc) is 2.79. The first-order valence-corrected chi connectivity index (χ1v) is 7.46. The molecule has 1 heterocycles. The summed E-state index contributed by atoms with van der Waals surface area (Å²) in [5.41, 5.74) is 2.58. The molecule has 0 aliphatic heterocycles. The number of rotatable bonds is 6. The molecular formula is C15H21BrN4. The maximum atomic E-state index is 4.36. The summed E-state index contributed by atoms with van der Waals surface area (Å²) in [6.07, 6.45) is 3.82. The number of hydrogen-bond acceptors (Lipinski definition) is 3. The summed E-state index contributed by atoms with van der Waals surface area (Å²) in [5.74, 6) is 1.08. The van der Waals surface area contributed by atoms with Gasteiger partial charge in [0.15, 0.2) is 0 Å². The van der Waals surface area contributed by atoms with E-state index in [1.807, 2.05) is 26.5 Å². The highest BCUT2D eigenvalue weighted by atomic mass is 79.9. The summed E-state index contributed by atoms with van der Waals surface area (Å²) in [5, 5.41) is 3.17. The van der Waals surface area contributed by atoms with Crippen LogP contribution < -0.4 is 5.32 Å². The van der Waals surface area contributed by atoms with Crippen LogP contribution in [0, 0.1) is 0 Å². The molecule has 0 saturated carbocycles. The Kier molecular flexibility index (Phi) is 5.34. The molecule has 5 heteroatoms. The van der Waals surface area contributed by atoms with Crippen molar-refractivity contribution in [1.29, 1.82) is 0 Å². The summed E-state index contributed by atoms with van der Waals surface area (Å²) in [4.78, 5) is 6.62. The third-order valence-corrected chi connectivity index (χ3v) is 4.01. The van der Waals surface area contributed by atoms with Gasteiger partial charge in [-0.25, -0.2) is 4.98 Å². The van der Waals surface area contributed by atoms with Crippen molar-refractivity contribution < 1.29 is 0 Å². The SMILES string of the molecule is CNCc1ccc(CN(C)Cc2nccn2C)c(Br)c1. The molecule has 2 aromatic rings. The summed E-state index contributed by atoms with van der Waals surface area (Å²) in [6.45, 7) is 2.63. The number of halogens is 1. The van der Waals surface area contributed by atoms with Crippen LogP contribution in [0.4, 0.5) is 0 Å². The van der Waals surface area contributed by atoms with E-state index in [2.05, 4.69) is 60.9 Å². The molecule has 0 saturated heterocycles. The fourth-order valence-corrected chi connectivity index (χ4v) is 2.72. The van der Waals surface area contributed by atoms with E-state index in [1.54, 1.807) is 0 Å². The average molecular weight is 337 g/mol. The van der Waals surface area contributed by atoms with Crippen LogP contribution in [0.1, 0.15) is 17.0 Å². The van der Waals surface area contributed by atoms with Gasteiger partial charge in [0.1, 0.15) is 5.82 Å². The smallest absolute Gasteiger partial charge is 0.122 e. The van der Waals surface area contributed by atoms with Gasteiger partial charge in [-0.15, -0.1) is 0 Å². The molecule has 2 rings (SSSR count). The van der Waals surface area contributed by atoms with Crippen LogP contribution in [0.2, 0.25) is 0 Å². The molecule has 0 spiro atoms. The van der Waals surface area contributed by atoms with Crippen LogP contribution in [-0.2, 0) is 26.7 Å². The third-order valence-electron chi connectivity index (χ3n) is 3.27. The second kappa shape index (κ2) is 7.02. The van der Waals surface area contributed by atoms with Crippen molar-refractivity contribution >= 4 is 15.9 Å². The van der Waals surface area contributed by atoms with Crippen LogP contribution in [-0.4, -0.2) is 28.5 Å². The molecule has 0 unspecified atom stereocenters. The molecule has 0 fully saturated rings. The first kappa shape index (κ1) is 15.2. The topological polar surface area (TPSA) is 33.1 Å². The van der Waals surface area contributed by atoms with E-state index in [0.29, 0.717) is 0 Å². The van der Waals surface area contributed by atoms with E-state index in [4.69, 9.17) is 0 Å². The first-order chi connectivity index (χ1) is 9.60. The summed E-state index contributed by atoms with van der Waals surface area (Å²) < 4.78 is 3.22. The minimum Gasteiger partial charge on any atom is -0.337 e. The summed E-state index contributed by atoms with van der Waals surface area (Å²) >= 11 is 3.66. The Balaban J connectivity index is 2.00. The number of aromatic nitrogens is 2. The van der Waals surface area contributed by atoms with Crippen LogP contribution in [0.25, 0.3) is 0 Å². The maximum Gasteiger partial charge on any atom is 0.122 e. The number of imidazole rings is 1. The lowest BCUT2D eigenvalue weighted by Gasteiger charge is -2.17. The molecule has 1 aromatic carbocycles. The van der Waals surface area contributed by atoms with E-state index >= 15 is 0 Å². The molecular weight excluding hydrogens is 316 g/mol. The van der Waals surface area contributed by atoms with Crippen molar-refractivity contribution in [3.8, 4) is 0 Å². The van der Waals surface area contributed by atoms with E-state index in [0.717, 1.165) is 29.9 Å². The molecule has 108 valence electrons. The minimum atomic E-state index is 0.841. The quantitative estimate of drug-likeness (QED) is 0.879. The van der Waals surface area contributed by atoms with Crippen molar-refractivity contribution in [2.45, 2.75) is 19.6 Å². The molecule has 0 amide bonds. The highest BCUT2D eigenvalue weighted by Crippen LogP contribution is 2.20. The van der Waals surface area contributed by atoms with E-state index < -0.39 is 0 Å². The van der Waals surface area contributed by atoms with E-state index in [1.165, 1.54) is 11.1 Å². The van der Waals surface area contributed by atoms with Gasteiger partial charge < -0.3 is 9.88 Å². The van der Waals surface area contributed by atoms with Crippen LogP contribution in [0.5, 0.6) is 0 Å². The van der Waals surface area contributed by atoms with Gasteiger partial charge in [0.2, 0.25) is 0 Å². The minimum absolute atomic E-state index is 0.841. The third kappa shape index (κ3) is 3.91. The lowest BCUT2D eigenvalue weighted by Crippen LogP contribution is -2.19. The first-order valence-electron chi connectivity index (χ1n) is 6.67. The monoisotopic (exact) mass is 336 g/mol. The normalized spacial score (nSPS) is 11.2. The highest BCUT2D eigenvalue weighted by Gasteiger charge is 2.08. The van der Waals surface area contributed by atoms with Gasteiger partial charge in [-0.05, 0) is 31.3 Å². The largest absolute Gasteiger partial charge is 0.337 e. The number of hydrogen-bond donors (Lipinski definition) is 1. The molecule has 0 aliphatic rings. The summed E-state index contributed by atoms with van der Waals surface area (Å²) in [6, 6.07) is 6.54. The number of nitrogens with zero attached hydrogens (tertiary/aromatic N) is 3. The Morgan fingerprint density at radius 2 is 2.15 bits per heavy atom. The van der Waals surface area contributed by atoms with Gasteiger partial charge in [0, 0.05) is 37.0 Å². The van der Waals surface area contributed by atoms with Gasteiger partial charge in [-0.2, -0.15) is 0 Å². The predicted octanol–water partition coefficient (Wildman–Crippen LogP) is 2.53. The zero-order valence-electron chi connectivity index (χ0n) is 12.2. The van der Waals surface area contributed by atoms with Gasteiger partial charge in [-0.3, -0.25) is 4.90 Å². The lowest BCUT2D eigenvalue weighted by molar-refractivity contribution is 0.306. The van der Waals surface area contributed by atoms with Gasteiger partial charge in [0.05, 0.1) is 6.54 Å². The molecule has 20 heavy (non-hydrogen) atoms. The van der Waals surface area contributed by atoms with Crippen LogP contribution >= 0.6 is 15.9 Å². The van der Waals surface area contributed by atoms with Crippen LogP contribution in [0.15, 0.2) is 35.1 Å². The van der Waals surface area contributed by atoms with Crippen molar-refractivity contribution in [1.82, 2.24) is 19.8 Å².